The molecule has 1 aromatic carbocycles. The van der Waals surface area contributed by atoms with E-state index < -0.39 is 5.82 Å². The van der Waals surface area contributed by atoms with E-state index in [4.69, 9.17) is 5.73 Å². The topological polar surface area (TPSA) is 46.3 Å². The van der Waals surface area contributed by atoms with E-state index in [-0.39, 0.29) is 17.6 Å². The number of anilines is 1. The van der Waals surface area contributed by atoms with Crippen LogP contribution in [0.15, 0.2) is 18.2 Å². The van der Waals surface area contributed by atoms with Gasteiger partial charge in [-0.3, -0.25) is 4.79 Å². The van der Waals surface area contributed by atoms with Crippen molar-refractivity contribution in [1.29, 1.82) is 0 Å². The Morgan fingerprint density at radius 1 is 1.37 bits per heavy atom. The molecule has 3 nitrogen and oxygen atoms in total. The maximum atomic E-state index is 13.0. The molecule has 2 N–H and O–H groups in total. The third-order valence-corrected chi connectivity index (χ3v) is 3.13. The molecule has 0 heterocycles. The van der Waals surface area contributed by atoms with Crippen LogP contribution in [0, 0.1) is 5.82 Å². The van der Waals surface area contributed by atoms with Gasteiger partial charge in [0.05, 0.1) is 5.56 Å². The highest BCUT2D eigenvalue weighted by Crippen LogP contribution is 2.17. The van der Waals surface area contributed by atoms with Crippen molar-refractivity contribution in [3.8, 4) is 0 Å². The Labute approximate surface area is 114 Å². The summed E-state index contributed by atoms with van der Waals surface area (Å²) in [7, 11) is 0. The van der Waals surface area contributed by atoms with Crippen LogP contribution in [0.2, 0.25) is 0 Å². The van der Waals surface area contributed by atoms with Gasteiger partial charge < -0.3 is 10.6 Å². The number of nitrogens with zero attached hydrogens (tertiary/aromatic N) is 1. The highest BCUT2D eigenvalue weighted by Gasteiger charge is 2.20. The van der Waals surface area contributed by atoms with Crippen molar-refractivity contribution in [3.63, 3.8) is 0 Å². The molecule has 0 aromatic heterocycles. The lowest BCUT2D eigenvalue weighted by atomic mass is 10.1. The number of nitrogen functional groups attached to an aromatic ring is 1. The molecular weight excluding hydrogens is 243 g/mol. The van der Waals surface area contributed by atoms with Crippen molar-refractivity contribution in [2.75, 3.05) is 12.3 Å². The third kappa shape index (κ3) is 4.23. The number of carbonyl (C=O) groups excluding carboxylic acids is 1. The molecule has 0 atom stereocenters. The van der Waals surface area contributed by atoms with E-state index in [2.05, 4.69) is 6.92 Å². The molecule has 0 saturated carbocycles. The third-order valence-electron chi connectivity index (χ3n) is 3.13. The van der Waals surface area contributed by atoms with Gasteiger partial charge in [0.2, 0.25) is 0 Å². The molecule has 0 unspecified atom stereocenters. The van der Waals surface area contributed by atoms with Gasteiger partial charge in [-0.25, -0.2) is 4.39 Å². The van der Waals surface area contributed by atoms with E-state index in [1.807, 2.05) is 13.8 Å². The Bertz CT molecular complexity index is 432. The van der Waals surface area contributed by atoms with Crippen molar-refractivity contribution in [2.24, 2.45) is 0 Å². The van der Waals surface area contributed by atoms with Gasteiger partial charge >= 0.3 is 0 Å². The first-order valence-electron chi connectivity index (χ1n) is 6.83. The Morgan fingerprint density at radius 3 is 2.58 bits per heavy atom. The number of carbonyl (C=O) groups is 1. The lowest BCUT2D eigenvalue weighted by Gasteiger charge is -2.27. The molecule has 106 valence electrons. The quantitative estimate of drug-likeness (QED) is 0.633. The maximum absolute atomic E-state index is 13.0. The minimum atomic E-state index is -0.420. The van der Waals surface area contributed by atoms with Crippen LogP contribution in [-0.2, 0) is 0 Å². The van der Waals surface area contributed by atoms with E-state index in [0.717, 1.165) is 19.3 Å². The van der Waals surface area contributed by atoms with E-state index in [9.17, 15) is 9.18 Å². The zero-order valence-corrected chi connectivity index (χ0v) is 11.9. The molecule has 0 aliphatic heterocycles. The van der Waals surface area contributed by atoms with Gasteiger partial charge in [0, 0.05) is 18.3 Å². The molecule has 0 fully saturated rings. The Balaban J connectivity index is 2.86. The van der Waals surface area contributed by atoms with Crippen LogP contribution in [0.1, 0.15) is 50.4 Å². The molecule has 19 heavy (non-hydrogen) atoms. The standard InChI is InChI=1S/C15H23FN2O/c1-4-5-6-9-18(11(2)3)15(19)13-8-7-12(16)10-14(13)17/h7-8,10-11H,4-6,9,17H2,1-3H3. The predicted octanol–water partition coefficient (Wildman–Crippen LogP) is 3.45. The van der Waals surface area contributed by atoms with Gasteiger partial charge in [-0.05, 0) is 38.5 Å². The molecule has 1 amide bonds. The van der Waals surface area contributed by atoms with Crippen LogP contribution in [0.5, 0.6) is 0 Å². The van der Waals surface area contributed by atoms with Gasteiger partial charge in [-0.1, -0.05) is 19.8 Å². The summed E-state index contributed by atoms with van der Waals surface area (Å²) in [6, 6.07) is 4.03. The lowest BCUT2D eigenvalue weighted by molar-refractivity contribution is 0.0703. The van der Waals surface area contributed by atoms with Crippen molar-refractivity contribution < 1.29 is 9.18 Å². The predicted molar refractivity (Wildman–Crippen MR) is 76.5 cm³/mol. The van der Waals surface area contributed by atoms with Crippen LogP contribution in [0.4, 0.5) is 10.1 Å². The fourth-order valence-corrected chi connectivity index (χ4v) is 2.01. The SMILES string of the molecule is CCCCCN(C(=O)c1ccc(F)cc1N)C(C)C. The van der Waals surface area contributed by atoms with Crippen LogP contribution in [0.25, 0.3) is 0 Å². The number of rotatable bonds is 6. The molecule has 0 bridgehead atoms. The summed E-state index contributed by atoms with van der Waals surface area (Å²) in [6.07, 6.45) is 3.18. The van der Waals surface area contributed by atoms with Crippen molar-refractivity contribution >= 4 is 11.6 Å². The molecule has 4 heteroatoms. The van der Waals surface area contributed by atoms with Crippen molar-refractivity contribution in [1.82, 2.24) is 4.90 Å². The van der Waals surface area contributed by atoms with Crippen LogP contribution in [0.3, 0.4) is 0 Å². The average Bonchev–Trinajstić information content (AvgIpc) is 2.33. The number of hydrogen-bond acceptors (Lipinski definition) is 2. The average molecular weight is 266 g/mol. The fraction of sp³-hybridized carbons (Fsp3) is 0.533. The molecule has 0 saturated heterocycles. The molecule has 0 radical (unpaired) electrons. The van der Waals surface area contributed by atoms with E-state index >= 15 is 0 Å². The van der Waals surface area contributed by atoms with Gasteiger partial charge in [-0.2, -0.15) is 0 Å². The second kappa shape index (κ2) is 7.12. The summed E-state index contributed by atoms with van der Waals surface area (Å²) in [5.74, 6) is -0.542. The first kappa shape index (κ1) is 15.5. The smallest absolute Gasteiger partial charge is 0.256 e. The lowest BCUT2D eigenvalue weighted by Crippen LogP contribution is -2.38. The number of halogens is 1. The molecular formula is C15H23FN2O. The molecule has 1 rings (SSSR count). The van der Waals surface area contributed by atoms with E-state index in [0.29, 0.717) is 12.1 Å². The summed E-state index contributed by atoms with van der Waals surface area (Å²) in [5, 5.41) is 0. The summed E-state index contributed by atoms with van der Waals surface area (Å²) >= 11 is 0. The van der Waals surface area contributed by atoms with Gasteiger partial charge in [0.1, 0.15) is 5.82 Å². The molecule has 1 aromatic rings. The Kier molecular flexibility index (Phi) is 5.80. The number of amides is 1. The minimum Gasteiger partial charge on any atom is -0.398 e. The van der Waals surface area contributed by atoms with Gasteiger partial charge in [-0.15, -0.1) is 0 Å². The highest BCUT2D eigenvalue weighted by atomic mass is 19.1. The summed E-state index contributed by atoms with van der Waals surface area (Å²) in [5.41, 5.74) is 6.31. The van der Waals surface area contributed by atoms with Crippen LogP contribution < -0.4 is 5.73 Å². The minimum absolute atomic E-state index is 0.105. The van der Waals surface area contributed by atoms with E-state index in [1.165, 1.54) is 18.2 Å². The normalized spacial score (nSPS) is 10.8. The molecule has 0 aliphatic rings. The van der Waals surface area contributed by atoms with Crippen LogP contribution >= 0.6 is 0 Å². The molecule has 0 spiro atoms. The van der Waals surface area contributed by atoms with Gasteiger partial charge in [0.25, 0.3) is 5.91 Å². The van der Waals surface area contributed by atoms with E-state index in [1.54, 1.807) is 4.90 Å². The Hall–Kier alpha value is -1.58. The summed E-state index contributed by atoms with van der Waals surface area (Å²) in [6.45, 7) is 6.79. The van der Waals surface area contributed by atoms with Crippen LogP contribution in [-0.4, -0.2) is 23.4 Å². The highest BCUT2D eigenvalue weighted by molar-refractivity contribution is 5.99. The van der Waals surface area contributed by atoms with Crippen molar-refractivity contribution in [2.45, 2.75) is 46.1 Å². The first-order valence-corrected chi connectivity index (χ1v) is 6.83. The first-order chi connectivity index (χ1) is 8.97. The van der Waals surface area contributed by atoms with Crippen molar-refractivity contribution in [3.05, 3.63) is 29.6 Å². The second-order valence-corrected chi connectivity index (χ2v) is 5.03. The van der Waals surface area contributed by atoms with Gasteiger partial charge in [0.15, 0.2) is 0 Å². The zero-order valence-electron chi connectivity index (χ0n) is 11.9. The summed E-state index contributed by atoms with van der Waals surface area (Å²) in [4.78, 5) is 14.2. The second-order valence-electron chi connectivity index (χ2n) is 5.03. The fourth-order valence-electron chi connectivity index (χ4n) is 2.01. The zero-order chi connectivity index (χ0) is 14.4. The monoisotopic (exact) mass is 266 g/mol. The number of nitrogens with two attached hydrogens (primary N) is 1. The number of unbranched alkanes of at least 4 members (excludes halogenated alkanes) is 2. The number of benzene rings is 1. The molecule has 0 aliphatic carbocycles. The summed E-state index contributed by atoms with van der Waals surface area (Å²) < 4.78 is 13.0. The number of hydrogen-bond donors (Lipinski definition) is 1. The Morgan fingerprint density at radius 2 is 2.05 bits per heavy atom. The maximum Gasteiger partial charge on any atom is 0.256 e. The largest absolute Gasteiger partial charge is 0.398 e.